The van der Waals surface area contributed by atoms with E-state index in [1.807, 2.05) is 0 Å². The van der Waals surface area contributed by atoms with Crippen molar-refractivity contribution in [1.82, 2.24) is 0 Å². The van der Waals surface area contributed by atoms with Crippen molar-refractivity contribution in [2.75, 3.05) is 7.11 Å². The molecule has 0 fully saturated rings. The number of carbonyl (C=O) groups is 1. The van der Waals surface area contributed by atoms with E-state index < -0.39 is 23.7 Å². The largest absolute Gasteiger partial charge is 0.501 e. The minimum absolute atomic E-state index is 0.419. The van der Waals surface area contributed by atoms with Gasteiger partial charge >= 0.3 is 5.97 Å². The Balaban J connectivity index is 2.08. The van der Waals surface area contributed by atoms with Crippen molar-refractivity contribution in [2.24, 2.45) is 0 Å². The Labute approximate surface area is 109 Å². The molecule has 0 unspecified atom stereocenters. The van der Waals surface area contributed by atoms with E-state index in [0.29, 0.717) is 17.7 Å². The third-order valence-electron chi connectivity index (χ3n) is 2.66. The smallest absolute Gasteiger partial charge is 0.334 e. The maximum absolute atomic E-state index is 13.0. The molecule has 1 aromatic rings. The number of hydrogen-bond donors (Lipinski definition) is 0. The summed E-state index contributed by atoms with van der Waals surface area (Å²) >= 11 is 0. The maximum atomic E-state index is 13.0. The molecule has 1 heterocycles. The summed E-state index contributed by atoms with van der Waals surface area (Å²) in [5, 5.41) is 0. The van der Waals surface area contributed by atoms with E-state index in [-0.39, 0.29) is 0 Å². The van der Waals surface area contributed by atoms with Crippen molar-refractivity contribution in [1.29, 1.82) is 0 Å². The van der Waals surface area contributed by atoms with E-state index in [1.165, 1.54) is 19.3 Å². The van der Waals surface area contributed by atoms with Crippen molar-refractivity contribution in [3.8, 4) is 0 Å². The highest BCUT2D eigenvalue weighted by Gasteiger charge is 2.19. The first-order chi connectivity index (χ1) is 9.08. The zero-order chi connectivity index (χ0) is 13.8. The zero-order valence-corrected chi connectivity index (χ0v) is 10.2. The summed E-state index contributed by atoms with van der Waals surface area (Å²) in [4.78, 5) is 11.2. The third-order valence-corrected chi connectivity index (χ3v) is 2.66. The highest BCUT2D eigenvalue weighted by atomic mass is 19.2. The molecule has 0 saturated heterocycles. The standard InChI is InChI=1S/C14H12F2O3/c1-18-11-7-10(19-14(17)8-11)4-2-9-3-5-12(15)13(16)6-9/h2-6,8,10H,7H2,1H3/b4-2+/t10-/m0/s1. The summed E-state index contributed by atoms with van der Waals surface area (Å²) < 4.78 is 35.8. The first-order valence-electron chi connectivity index (χ1n) is 5.67. The van der Waals surface area contributed by atoms with Crippen LogP contribution in [0.2, 0.25) is 0 Å². The molecule has 1 aromatic carbocycles. The summed E-state index contributed by atoms with van der Waals surface area (Å²) in [7, 11) is 1.47. The van der Waals surface area contributed by atoms with Crippen molar-refractivity contribution in [3.63, 3.8) is 0 Å². The predicted octanol–water partition coefficient (Wildman–Crippen LogP) is 2.82. The molecule has 1 aliphatic rings. The topological polar surface area (TPSA) is 35.5 Å². The predicted molar refractivity (Wildman–Crippen MR) is 65.0 cm³/mol. The molecule has 0 spiro atoms. The molecule has 0 N–H and O–H groups in total. The van der Waals surface area contributed by atoms with Gasteiger partial charge < -0.3 is 9.47 Å². The number of hydrogen-bond acceptors (Lipinski definition) is 3. The highest BCUT2D eigenvalue weighted by Crippen LogP contribution is 2.18. The SMILES string of the molecule is COC1=CC(=O)O[C@@H](/C=C/c2ccc(F)c(F)c2)C1. The molecule has 19 heavy (non-hydrogen) atoms. The molecule has 0 radical (unpaired) electrons. The Hall–Kier alpha value is -2.17. The number of cyclic esters (lactones) is 1. The van der Waals surface area contributed by atoms with Gasteiger partial charge in [0.05, 0.1) is 13.2 Å². The number of carbonyl (C=O) groups excluding carboxylic acids is 1. The van der Waals surface area contributed by atoms with Crippen LogP contribution in [0.15, 0.2) is 36.1 Å². The first kappa shape index (κ1) is 13.3. The van der Waals surface area contributed by atoms with Crippen LogP contribution in [0.1, 0.15) is 12.0 Å². The molecule has 100 valence electrons. The number of methoxy groups -OCH3 is 1. The van der Waals surface area contributed by atoms with Gasteiger partial charge in [-0.1, -0.05) is 12.1 Å². The molecule has 0 aromatic heterocycles. The van der Waals surface area contributed by atoms with E-state index >= 15 is 0 Å². The number of benzene rings is 1. The van der Waals surface area contributed by atoms with Crippen LogP contribution < -0.4 is 0 Å². The molecule has 3 nitrogen and oxygen atoms in total. The summed E-state index contributed by atoms with van der Waals surface area (Å²) in [6.07, 6.45) is 4.40. The van der Waals surface area contributed by atoms with Crippen molar-refractivity contribution in [2.45, 2.75) is 12.5 Å². The van der Waals surface area contributed by atoms with Gasteiger partial charge in [0.15, 0.2) is 11.6 Å². The van der Waals surface area contributed by atoms with Gasteiger partial charge in [-0.25, -0.2) is 13.6 Å². The van der Waals surface area contributed by atoms with E-state index in [2.05, 4.69) is 0 Å². The lowest BCUT2D eigenvalue weighted by Gasteiger charge is -2.19. The lowest BCUT2D eigenvalue weighted by Crippen LogP contribution is -2.21. The second kappa shape index (κ2) is 5.65. The Morgan fingerprint density at radius 3 is 2.84 bits per heavy atom. The second-order valence-electron chi connectivity index (χ2n) is 4.03. The third kappa shape index (κ3) is 3.40. The lowest BCUT2D eigenvalue weighted by molar-refractivity contribution is -0.142. The van der Waals surface area contributed by atoms with Gasteiger partial charge in [0.2, 0.25) is 0 Å². The van der Waals surface area contributed by atoms with Crippen LogP contribution >= 0.6 is 0 Å². The van der Waals surface area contributed by atoms with Gasteiger partial charge in [0, 0.05) is 6.42 Å². The van der Waals surface area contributed by atoms with Crippen molar-refractivity contribution in [3.05, 3.63) is 53.3 Å². The average molecular weight is 266 g/mol. The highest BCUT2D eigenvalue weighted by molar-refractivity contribution is 5.83. The summed E-state index contributed by atoms with van der Waals surface area (Å²) in [6, 6.07) is 3.55. The Morgan fingerprint density at radius 1 is 1.37 bits per heavy atom. The number of esters is 1. The number of rotatable bonds is 3. The molecule has 0 aliphatic carbocycles. The van der Waals surface area contributed by atoms with E-state index in [4.69, 9.17) is 9.47 Å². The minimum atomic E-state index is -0.916. The molecule has 5 heteroatoms. The maximum Gasteiger partial charge on any atom is 0.334 e. The molecular weight excluding hydrogens is 254 g/mol. The van der Waals surface area contributed by atoms with Crippen LogP contribution in [0, 0.1) is 11.6 Å². The molecule has 1 atom stereocenters. The molecular formula is C14H12F2O3. The van der Waals surface area contributed by atoms with Crippen LogP contribution in [-0.2, 0) is 14.3 Å². The fourth-order valence-corrected chi connectivity index (χ4v) is 1.70. The summed E-state index contributed by atoms with van der Waals surface area (Å²) in [5.41, 5.74) is 0.489. The fraction of sp³-hybridized carbons (Fsp3) is 0.214. The molecule has 0 saturated carbocycles. The van der Waals surface area contributed by atoms with Gasteiger partial charge in [-0.15, -0.1) is 0 Å². The van der Waals surface area contributed by atoms with E-state index in [1.54, 1.807) is 12.2 Å². The van der Waals surface area contributed by atoms with Gasteiger partial charge in [-0.05, 0) is 23.8 Å². The Bertz CT molecular complexity index is 550. The van der Waals surface area contributed by atoms with Gasteiger partial charge in [0.1, 0.15) is 11.9 Å². The quantitative estimate of drug-likeness (QED) is 0.789. The van der Waals surface area contributed by atoms with Crippen LogP contribution in [0.25, 0.3) is 6.08 Å². The number of ether oxygens (including phenoxy) is 2. The van der Waals surface area contributed by atoms with Gasteiger partial charge in [-0.3, -0.25) is 0 Å². The van der Waals surface area contributed by atoms with Crippen molar-refractivity contribution >= 4 is 12.0 Å². The van der Waals surface area contributed by atoms with Crippen LogP contribution in [0.4, 0.5) is 8.78 Å². The first-order valence-corrected chi connectivity index (χ1v) is 5.67. The monoisotopic (exact) mass is 266 g/mol. The van der Waals surface area contributed by atoms with E-state index in [0.717, 1.165) is 12.1 Å². The second-order valence-corrected chi connectivity index (χ2v) is 4.03. The van der Waals surface area contributed by atoms with Crippen LogP contribution in [-0.4, -0.2) is 19.2 Å². The van der Waals surface area contributed by atoms with Crippen molar-refractivity contribution < 1.29 is 23.0 Å². The summed E-state index contributed by atoms with van der Waals surface area (Å²) in [6.45, 7) is 0. The van der Waals surface area contributed by atoms with Crippen LogP contribution in [0.5, 0.6) is 0 Å². The molecule has 0 bridgehead atoms. The molecule has 2 rings (SSSR count). The van der Waals surface area contributed by atoms with Gasteiger partial charge in [0.25, 0.3) is 0 Å². The van der Waals surface area contributed by atoms with Crippen LogP contribution in [0.3, 0.4) is 0 Å². The van der Waals surface area contributed by atoms with Gasteiger partial charge in [-0.2, -0.15) is 0 Å². The fourth-order valence-electron chi connectivity index (χ4n) is 1.70. The normalized spacial score (nSPS) is 19.2. The minimum Gasteiger partial charge on any atom is -0.501 e. The summed E-state index contributed by atoms with van der Waals surface area (Å²) in [5.74, 6) is -1.77. The zero-order valence-electron chi connectivity index (χ0n) is 10.2. The molecule has 0 amide bonds. The number of halogens is 2. The average Bonchev–Trinajstić information content (AvgIpc) is 2.39. The van der Waals surface area contributed by atoms with E-state index in [9.17, 15) is 13.6 Å². The Kier molecular flexibility index (Phi) is 3.94. The lowest BCUT2D eigenvalue weighted by atomic mass is 10.1. The Morgan fingerprint density at radius 2 is 2.16 bits per heavy atom. The molecule has 1 aliphatic heterocycles.